The third-order valence-corrected chi connectivity index (χ3v) is 5.46. The molecule has 0 aliphatic carbocycles. The highest BCUT2D eigenvalue weighted by Gasteiger charge is 2.12. The molecule has 8 nitrogen and oxygen atoms in total. The van der Waals surface area contributed by atoms with Crippen LogP contribution in [0.2, 0.25) is 0 Å². The van der Waals surface area contributed by atoms with Gasteiger partial charge in [-0.2, -0.15) is 5.10 Å². The first kappa shape index (κ1) is 25.8. The molecule has 0 fully saturated rings. The number of para-hydroxylation sites is 1. The number of carbonyl (C=O) groups excluding carboxylic acids is 3. The van der Waals surface area contributed by atoms with E-state index in [1.807, 2.05) is 30.3 Å². The standard InChI is InChI=1S/C30H25N3O5/c1-37-26-17-13-23(14-18-26)30(36)38-27-10-6-5-9-24(27)20-31-33-29(35)22-11-15-25(16-12-22)32-28(34)19-21-7-3-2-4-8-21/h2-18,20H,19H2,1H3,(H,32,34)(H,33,35)/b31-20-. The molecule has 2 N–H and O–H groups in total. The number of methoxy groups -OCH3 is 1. The van der Waals surface area contributed by atoms with E-state index in [0.717, 1.165) is 5.56 Å². The number of hydrazone groups is 1. The van der Waals surface area contributed by atoms with Crippen molar-refractivity contribution >= 4 is 29.7 Å². The zero-order chi connectivity index (χ0) is 26.7. The maximum absolute atomic E-state index is 12.5. The summed E-state index contributed by atoms with van der Waals surface area (Å²) in [6, 6.07) is 29.3. The van der Waals surface area contributed by atoms with Gasteiger partial charge in [-0.1, -0.05) is 42.5 Å². The Balaban J connectivity index is 1.32. The molecule has 0 atom stereocenters. The number of nitrogens with zero attached hydrogens (tertiary/aromatic N) is 1. The van der Waals surface area contributed by atoms with Crippen molar-refractivity contribution in [3.8, 4) is 11.5 Å². The molecule has 0 aromatic heterocycles. The van der Waals surface area contributed by atoms with Crippen molar-refractivity contribution in [2.45, 2.75) is 6.42 Å². The van der Waals surface area contributed by atoms with Gasteiger partial charge in [0.1, 0.15) is 11.5 Å². The van der Waals surface area contributed by atoms with Gasteiger partial charge >= 0.3 is 5.97 Å². The molecule has 2 amide bonds. The monoisotopic (exact) mass is 507 g/mol. The fraction of sp³-hybridized carbons (Fsp3) is 0.0667. The van der Waals surface area contributed by atoms with E-state index in [-0.39, 0.29) is 12.3 Å². The molecule has 190 valence electrons. The van der Waals surface area contributed by atoms with Gasteiger partial charge in [-0.15, -0.1) is 0 Å². The van der Waals surface area contributed by atoms with Crippen LogP contribution in [0.15, 0.2) is 108 Å². The summed E-state index contributed by atoms with van der Waals surface area (Å²) in [6.45, 7) is 0. The molecule has 0 aliphatic heterocycles. The van der Waals surface area contributed by atoms with Crippen molar-refractivity contribution in [2.24, 2.45) is 5.10 Å². The topological polar surface area (TPSA) is 106 Å². The summed E-state index contributed by atoms with van der Waals surface area (Å²) in [6.07, 6.45) is 1.65. The number of carbonyl (C=O) groups is 3. The number of nitrogens with one attached hydrogen (secondary N) is 2. The number of amides is 2. The predicted octanol–water partition coefficient (Wildman–Crippen LogP) is 4.86. The SMILES string of the molecule is COc1ccc(C(=O)Oc2ccccc2/C=N\NC(=O)c2ccc(NC(=O)Cc3ccccc3)cc2)cc1. The summed E-state index contributed by atoms with van der Waals surface area (Å²) < 4.78 is 10.6. The lowest BCUT2D eigenvalue weighted by Gasteiger charge is -2.08. The lowest BCUT2D eigenvalue weighted by molar-refractivity contribution is -0.115. The van der Waals surface area contributed by atoms with Gasteiger partial charge in [0.25, 0.3) is 5.91 Å². The lowest BCUT2D eigenvalue weighted by atomic mass is 10.1. The minimum absolute atomic E-state index is 0.149. The first-order valence-electron chi connectivity index (χ1n) is 11.7. The van der Waals surface area contributed by atoms with E-state index >= 15 is 0 Å². The maximum Gasteiger partial charge on any atom is 0.343 e. The Bertz CT molecular complexity index is 1430. The van der Waals surface area contributed by atoms with Crippen LogP contribution < -0.4 is 20.2 Å². The van der Waals surface area contributed by atoms with Gasteiger partial charge in [-0.3, -0.25) is 9.59 Å². The van der Waals surface area contributed by atoms with E-state index in [2.05, 4.69) is 15.8 Å². The molecule has 0 bridgehead atoms. The predicted molar refractivity (Wildman–Crippen MR) is 145 cm³/mol. The summed E-state index contributed by atoms with van der Waals surface area (Å²) in [5, 5.41) is 6.81. The summed E-state index contributed by atoms with van der Waals surface area (Å²) >= 11 is 0. The van der Waals surface area contributed by atoms with E-state index in [4.69, 9.17) is 9.47 Å². The van der Waals surface area contributed by atoms with Crippen LogP contribution in [-0.2, 0) is 11.2 Å². The van der Waals surface area contributed by atoms with E-state index in [9.17, 15) is 14.4 Å². The van der Waals surface area contributed by atoms with Crippen LogP contribution in [-0.4, -0.2) is 31.1 Å². The quantitative estimate of drug-likeness (QED) is 0.146. The van der Waals surface area contributed by atoms with Crippen LogP contribution in [0.1, 0.15) is 31.8 Å². The highest BCUT2D eigenvalue weighted by atomic mass is 16.5. The first-order chi connectivity index (χ1) is 18.5. The summed E-state index contributed by atoms with van der Waals surface area (Å²) in [5.74, 6) is -0.192. The number of rotatable bonds is 9. The molecule has 38 heavy (non-hydrogen) atoms. The molecule has 0 spiro atoms. The molecule has 4 rings (SSSR count). The Morgan fingerprint density at radius 1 is 0.789 bits per heavy atom. The Morgan fingerprint density at radius 3 is 2.16 bits per heavy atom. The number of ether oxygens (including phenoxy) is 2. The molecule has 0 radical (unpaired) electrons. The van der Waals surface area contributed by atoms with E-state index in [1.165, 1.54) is 6.21 Å². The van der Waals surface area contributed by atoms with E-state index in [0.29, 0.717) is 33.9 Å². The molecule has 8 heteroatoms. The van der Waals surface area contributed by atoms with Crippen LogP contribution >= 0.6 is 0 Å². The molecule has 0 aliphatic rings. The molecule has 0 unspecified atom stereocenters. The second-order valence-electron chi connectivity index (χ2n) is 8.14. The molecule has 0 saturated heterocycles. The van der Waals surface area contributed by atoms with Crippen molar-refractivity contribution in [1.29, 1.82) is 0 Å². The molecule has 4 aromatic carbocycles. The van der Waals surface area contributed by atoms with Gasteiger partial charge in [-0.25, -0.2) is 10.2 Å². The Labute approximate surface area is 219 Å². The largest absolute Gasteiger partial charge is 0.497 e. The number of anilines is 1. The average molecular weight is 508 g/mol. The van der Waals surface area contributed by atoms with Crippen LogP contribution in [0.4, 0.5) is 5.69 Å². The molecule has 4 aromatic rings. The van der Waals surface area contributed by atoms with Crippen LogP contribution in [0.3, 0.4) is 0 Å². The third-order valence-electron chi connectivity index (χ3n) is 5.46. The van der Waals surface area contributed by atoms with Crippen LogP contribution in [0.25, 0.3) is 0 Å². The fourth-order valence-electron chi connectivity index (χ4n) is 3.48. The van der Waals surface area contributed by atoms with Gasteiger partial charge in [0.15, 0.2) is 0 Å². The van der Waals surface area contributed by atoms with Crippen LogP contribution in [0.5, 0.6) is 11.5 Å². The van der Waals surface area contributed by atoms with Gasteiger partial charge in [0.05, 0.1) is 25.3 Å². The minimum Gasteiger partial charge on any atom is -0.497 e. The van der Waals surface area contributed by atoms with Gasteiger partial charge in [0.2, 0.25) is 5.91 Å². The minimum atomic E-state index is -0.534. The van der Waals surface area contributed by atoms with Crippen molar-refractivity contribution in [3.05, 3.63) is 125 Å². The number of esters is 1. The van der Waals surface area contributed by atoms with E-state index in [1.54, 1.807) is 79.9 Å². The summed E-state index contributed by atoms with van der Waals surface area (Å²) in [4.78, 5) is 37.2. The first-order valence-corrected chi connectivity index (χ1v) is 11.7. The highest BCUT2D eigenvalue weighted by molar-refractivity contribution is 5.97. The van der Waals surface area contributed by atoms with Crippen molar-refractivity contribution in [1.82, 2.24) is 5.43 Å². The second kappa shape index (κ2) is 12.6. The Hall–Kier alpha value is -5.24. The lowest BCUT2D eigenvalue weighted by Crippen LogP contribution is -2.18. The Kier molecular flexibility index (Phi) is 8.60. The third kappa shape index (κ3) is 7.14. The van der Waals surface area contributed by atoms with E-state index < -0.39 is 11.9 Å². The van der Waals surface area contributed by atoms with Crippen molar-refractivity contribution in [2.75, 3.05) is 12.4 Å². The molecular formula is C30H25N3O5. The average Bonchev–Trinajstić information content (AvgIpc) is 2.94. The second-order valence-corrected chi connectivity index (χ2v) is 8.14. The Morgan fingerprint density at radius 2 is 1.45 bits per heavy atom. The number of benzene rings is 4. The van der Waals surface area contributed by atoms with Crippen molar-refractivity contribution in [3.63, 3.8) is 0 Å². The smallest absolute Gasteiger partial charge is 0.343 e. The number of hydrogen-bond acceptors (Lipinski definition) is 6. The normalized spacial score (nSPS) is 10.6. The zero-order valence-electron chi connectivity index (χ0n) is 20.6. The fourth-order valence-corrected chi connectivity index (χ4v) is 3.48. The van der Waals surface area contributed by atoms with Gasteiger partial charge < -0.3 is 14.8 Å². The summed E-state index contributed by atoms with van der Waals surface area (Å²) in [5.41, 5.74) is 5.18. The molecular weight excluding hydrogens is 482 g/mol. The zero-order valence-corrected chi connectivity index (χ0v) is 20.6. The van der Waals surface area contributed by atoms with Crippen LogP contribution in [0, 0.1) is 0 Å². The maximum atomic E-state index is 12.5. The van der Waals surface area contributed by atoms with Gasteiger partial charge in [-0.05, 0) is 66.2 Å². The molecule has 0 saturated carbocycles. The van der Waals surface area contributed by atoms with Gasteiger partial charge in [0, 0.05) is 16.8 Å². The van der Waals surface area contributed by atoms with Crippen molar-refractivity contribution < 1.29 is 23.9 Å². The highest BCUT2D eigenvalue weighted by Crippen LogP contribution is 2.19. The molecule has 0 heterocycles. The number of hydrogen-bond donors (Lipinski definition) is 2. The summed E-state index contributed by atoms with van der Waals surface area (Å²) in [7, 11) is 1.55.